The van der Waals surface area contributed by atoms with Crippen molar-refractivity contribution in [3.05, 3.63) is 52.8 Å². The predicted molar refractivity (Wildman–Crippen MR) is 83.5 cm³/mol. The van der Waals surface area contributed by atoms with Gasteiger partial charge in [-0.2, -0.15) is 0 Å². The van der Waals surface area contributed by atoms with Crippen LogP contribution in [-0.4, -0.2) is 19.6 Å². The molecule has 0 saturated carbocycles. The van der Waals surface area contributed by atoms with Gasteiger partial charge < -0.3 is 14.8 Å². The molecule has 0 aliphatic heterocycles. The number of methoxy groups -OCH3 is 1. The van der Waals surface area contributed by atoms with Crippen molar-refractivity contribution in [1.29, 1.82) is 0 Å². The van der Waals surface area contributed by atoms with Crippen molar-refractivity contribution >= 4 is 23.2 Å². The van der Waals surface area contributed by atoms with Crippen LogP contribution in [0.15, 0.2) is 36.4 Å². The average molecular weight is 324 g/mol. The molecule has 6 heteroatoms. The number of halogens is 2. The quantitative estimate of drug-likeness (QED) is 0.899. The molecule has 0 unspecified atom stereocenters. The van der Waals surface area contributed by atoms with Gasteiger partial charge in [-0.05, 0) is 43.3 Å². The molecule has 0 radical (unpaired) electrons. The predicted octanol–water partition coefficient (Wildman–Crippen LogP) is 4.14. The Morgan fingerprint density at radius 3 is 2.55 bits per heavy atom. The number of nitrogens with one attached hydrogen (secondary N) is 1. The van der Waals surface area contributed by atoms with Gasteiger partial charge in [0.1, 0.15) is 5.75 Å². The Labute approximate surface area is 132 Å². The lowest BCUT2D eigenvalue weighted by Gasteiger charge is -2.10. The van der Waals surface area contributed by atoms with Crippen LogP contribution >= 0.6 is 11.6 Å². The monoisotopic (exact) mass is 323 g/mol. The zero-order valence-electron chi connectivity index (χ0n) is 12.2. The number of rotatable bonds is 5. The van der Waals surface area contributed by atoms with E-state index in [2.05, 4.69) is 5.32 Å². The molecular formula is C16H15ClFNO3. The van der Waals surface area contributed by atoms with Crippen LogP contribution in [0.4, 0.5) is 10.1 Å². The number of carbonyl (C=O) groups is 1. The van der Waals surface area contributed by atoms with Gasteiger partial charge in [0.2, 0.25) is 0 Å². The van der Waals surface area contributed by atoms with Gasteiger partial charge in [-0.15, -0.1) is 0 Å². The summed E-state index contributed by atoms with van der Waals surface area (Å²) >= 11 is 6.05. The molecular weight excluding hydrogens is 309 g/mol. The van der Waals surface area contributed by atoms with Gasteiger partial charge in [-0.1, -0.05) is 11.6 Å². The Hall–Kier alpha value is -2.27. The summed E-state index contributed by atoms with van der Waals surface area (Å²) in [6, 6.07) is 8.89. The van der Waals surface area contributed by atoms with E-state index in [0.717, 1.165) is 6.07 Å². The van der Waals surface area contributed by atoms with Crippen molar-refractivity contribution in [2.75, 3.05) is 19.0 Å². The number of carbonyl (C=O) groups excluding carboxylic acids is 1. The Kier molecular flexibility index (Phi) is 5.22. The lowest BCUT2D eigenvalue weighted by Crippen LogP contribution is -2.12. The highest BCUT2D eigenvalue weighted by atomic mass is 35.5. The summed E-state index contributed by atoms with van der Waals surface area (Å²) < 4.78 is 23.7. The topological polar surface area (TPSA) is 47.6 Å². The first kappa shape index (κ1) is 16.1. The van der Waals surface area contributed by atoms with Crippen molar-refractivity contribution in [2.45, 2.75) is 6.92 Å². The number of hydrogen-bond acceptors (Lipinski definition) is 3. The lowest BCUT2D eigenvalue weighted by molar-refractivity contribution is 0.102. The molecule has 0 spiro atoms. The van der Waals surface area contributed by atoms with Gasteiger partial charge in [0, 0.05) is 11.3 Å². The highest BCUT2D eigenvalue weighted by Crippen LogP contribution is 2.28. The molecule has 0 saturated heterocycles. The lowest BCUT2D eigenvalue weighted by atomic mass is 10.2. The average Bonchev–Trinajstić information content (AvgIpc) is 2.50. The molecule has 0 heterocycles. The molecule has 0 fully saturated rings. The molecule has 0 aromatic heterocycles. The number of hydrogen-bond donors (Lipinski definition) is 1. The molecule has 116 valence electrons. The minimum Gasteiger partial charge on any atom is -0.494 e. The van der Waals surface area contributed by atoms with Gasteiger partial charge in [-0.3, -0.25) is 4.79 Å². The first-order valence-corrected chi connectivity index (χ1v) is 7.00. The van der Waals surface area contributed by atoms with Crippen molar-refractivity contribution in [2.24, 2.45) is 0 Å². The Bertz CT molecular complexity index is 691. The zero-order valence-corrected chi connectivity index (χ0v) is 12.9. The van der Waals surface area contributed by atoms with Crippen LogP contribution in [0.25, 0.3) is 0 Å². The molecule has 2 rings (SSSR count). The van der Waals surface area contributed by atoms with E-state index in [0.29, 0.717) is 23.1 Å². The second-order valence-corrected chi connectivity index (χ2v) is 4.79. The third-order valence-corrected chi connectivity index (χ3v) is 3.20. The fourth-order valence-corrected chi connectivity index (χ4v) is 2.10. The SMILES string of the molecule is CCOc1ccc(NC(=O)c2ccc(OC)c(F)c2)cc1Cl. The summed E-state index contributed by atoms with van der Waals surface area (Å²) in [6.45, 7) is 2.35. The Morgan fingerprint density at radius 2 is 1.95 bits per heavy atom. The number of ether oxygens (including phenoxy) is 2. The molecule has 2 aromatic carbocycles. The molecule has 22 heavy (non-hydrogen) atoms. The standard InChI is InChI=1S/C16H15ClFNO3/c1-3-22-14-7-5-11(9-12(14)17)19-16(20)10-4-6-15(21-2)13(18)8-10/h4-9H,3H2,1-2H3,(H,19,20). The van der Waals surface area contributed by atoms with Gasteiger partial charge in [-0.25, -0.2) is 4.39 Å². The maximum absolute atomic E-state index is 13.6. The smallest absolute Gasteiger partial charge is 0.255 e. The maximum Gasteiger partial charge on any atom is 0.255 e. The largest absolute Gasteiger partial charge is 0.494 e. The third-order valence-electron chi connectivity index (χ3n) is 2.90. The third kappa shape index (κ3) is 3.68. The number of amides is 1. The number of anilines is 1. The van der Waals surface area contributed by atoms with Gasteiger partial charge in [0.25, 0.3) is 5.91 Å². The van der Waals surface area contributed by atoms with Gasteiger partial charge in [0.05, 0.1) is 18.7 Å². The van der Waals surface area contributed by atoms with Crippen molar-refractivity contribution in [3.63, 3.8) is 0 Å². The maximum atomic E-state index is 13.6. The van der Waals surface area contributed by atoms with E-state index in [1.807, 2.05) is 6.92 Å². The fourth-order valence-electron chi connectivity index (χ4n) is 1.86. The van der Waals surface area contributed by atoms with Crippen LogP contribution in [0.2, 0.25) is 5.02 Å². The first-order valence-electron chi connectivity index (χ1n) is 6.62. The second-order valence-electron chi connectivity index (χ2n) is 4.38. The first-order chi connectivity index (χ1) is 10.5. The zero-order chi connectivity index (χ0) is 16.1. The van der Waals surface area contributed by atoms with Crippen molar-refractivity contribution in [1.82, 2.24) is 0 Å². The van der Waals surface area contributed by atoms with Crippen LogP contribution in [0.3, 0.4) is 0 Å². The molecule has 2 aromatic rings. The van der Waals surface area contributed by atoms with E-state index >= 15 is 0 Å². The Morgan fingerprint density at radius 1 is 1.23 bits per heavy atom. The van der Waals surface area contributed by atoms with Crippen LogP contribution in [-0.2, 0) is 0 Å². The van der Waals surface area contributed by atoms with Crippen LogP contribution < -0.4 is 14.8 Å². The highest BCUT2D eigenvalue weighted by molar-refractivity contribution is 6.32. The van der Waals surface area contributed by atoms with Gasteiger partial charge in [0.15, 0.2) is 11.6 Å². The molecule has 1 N–H and O–H groups in total. The summed E-state index contributed by atoms with van der Waals surface area (Å²) in [7, 11) is 1.36. The van der Waals surface area contributed by atoms with Gasteiger partial charge >= 0.3 is 0 Å². The van der Waals surface area contributed by atoms with Crippen LogP contribution in [0.1, 0.15) is 17.3 Å². The minimum atomic E-state index is -0.597. The molecule has 4 nitrogen and oxygen atoms in total. The summed E-state index contributed by atoms with van der Waals surface area (Å²) in [5.41, 5.74) is 0.679. The van der Waals surface area contributed by atoms with Crippen LogP contribution in [0.5, 0.6) is 11.5 Å². The highest BCUT2D eigenvalue weighted by Gasteiger charge is 2.11. The molecule has 0 aliphatic carbocycles. The van der Waals surface area contributed by atoms with E-state index < -0.39 is 11.7 Å². The summed E-state index contributed by atoms with van der Waals surface area (Å²) in [6.07, 6.45) is 0. The summed E-state index contributed by atoms with van der Waals surface area (Å²) in [5.74, 6) is -0.417. The molecule has 0 bridgehead atoms. The molecule has 1 amide bonds. The normalized spacial score (nSPS) is 10.2. The summed E-state index contributed by atoms with van der Waals surface area (Å²) in [4.78, 5) is 12.1. The Balaban J connectivity index is 2.15. The van der Waals surface area contributed by atoms with E-state index in [-0.39, 0.29) is 11.3 Å². The fraction of sp³-hybridized carbons (Fsp3) is 0.188. The van der Waals surface area contributed by atoms with E-state index in [1.165, 1.54) is 19.2 Å². The van der Waals surface area contributed by atoms with Crippen LogP contribution in [0, 0.1) is 5.82 Å². The minimum absolute atomic E-state index is 0.0839. The second kappa shape index (κ2) is 7.13. The summed E-state index contributed by atoms with van der Waals surface area (Å²) in [5, 5.41) is 3.04. The van der Waals surface area contributed by atoms with E-state index in [9.17, 15) is 9.18 Å². The van der Waals surface area contributed by atoms with Crippen molar-refractivity contribution in [3.8, 4) is 11.5 Å². The van der Waals surface area contributed by atoms with E-state index in [4.69, 9.17) is 21.1 Å². The number of benzene rings is 2. The van der Waals surface area contributed by atoms with E-state index in [1.54, 1.807) is 18.2 Å². The molecule has 0 aliphatic rings. The molecule has 0 atom stereocenters. The van der Waals surface area contributed by atoms with Crippen molar-refractivity contribution < 1.29 is 18.7 Å².